The van der Waals surface area contributed by atoms with E-state index in [1.165, 1.54) is 0 Å². The van der Waals surface area contributed by atoms with Crippen LogP contribution in [0, 0.1) is 5.92 Å². The molecule has 1 saturated carbocycles. The number of carboxylic acid groups (broad SMARTS) is 1. The van der Waals surface area contributed by atoms with Crippen LogP contribution in [0.3, 0.4) is 0 Å². The third-order valence-corrected chi connectivity index (χ3v) is 4.34. The molecular weight excluding hydrogens is 220 g/mol. The van der Waals surface area contributed by atoms with Crippen LogP contribution in [-0.4, -0.2) is 37.3 Å². The zero-order chi connectivity index (χ0) is 11.6. The van der Waals surface area contributed by atoms with Gasteiger partial charge in [-0.3, -0.25) is 4.79 Å². The molecule has 1 aliphatic carbocycles. The molecule has 0 aliphatic heterocycles. The average Bonchev–Trinajstić information content (AvgIpc) is 2.96. The molecule has 0 radical (unpaired) electrons. The molecule has 1 fully saturated rings. The van der Waals surface area contributed by atoms with Crippen LogP contribution in [0.1, 0.15) is 19.8 Å². The molecule has 2 atom stereocenters. The Morgan fingerprint density at radius 2 is 2.13 bits per heavy atom. The summed E-state index contributed by atoms with van der Waals surface area (Å²) in [5, 5.41) is 7.17. The van der Waals surface area contributed by atoms with Gasteiger partial charge in [-0.25, -0.2) is 13.1 Å². The van der Waals surface area contributed by atoms with Gasteiger partial charge in [0.05, 0.1) is 0 Å². The Bertz CT molecular complexity index is 337. The number of carbonyl (C=O) groups is 1. The fraction of sp³-hybridized carbons (Fsp3) is 0.875. The number of hydrogen-bond donors (Lipinski definition) is 3. The lowest BCUT2D eigenvalue weighted by atomic mass is 10.2. The summed E-state index contributed by atoms with van der Waals surface area (Å²) >= 11 is 0. The monoisotopic (exact) mass is 236 g/mol. The first-order chi connectivity index (χ1) is 6.88. The number of nitrogens with one attached hydrogen (secondary N) is 1. The second-order valence-corrected chi connectivity index (χ2v) is 5.86. The molecule has 1 rings (SSSR count). The maximum absolute atomic E-state index is 11.5. The van der Waals surface area contributed by atoms with E-state index < -0.39 is 21.2 Å². The third kappa shape index (κ3) is 3.15. The minimum atomic E-state index is -3.81. The van der Waals surface area contributed by atoms with Gasteiger partial charge < -0.3 is 10.8 Å². The van der Waals surface area contributed by atoms with Crippen molar-refractivity contribution in [3.63, 3.8) is 0 Å². The number of sulfonamides is 1. The Balaban J connectivity index is 2.65. The second kappa shape index (κ2) is 4.46. The van der Waals surface area contributed by atoms with Crippen molar-refractivity contribution in [3.8, 4) is 0 Å². The number of hydrogen-bond acceptors (Lipinski definition) is 4. The van der Waals surface area contributed by atoms with Gasteiger partial charge in [0.1, 0.15) is 0 Å². The molecule has 0 aromatic heterocycles. The Kier molecular flexibility index (Phi) is 3.69. The van der Waals surface area contributed by atoms with Crippen molar-refractivity contribution >= 4 is 16.0 Å². The summed E-state index contributed by atoms with van der Waals surface area (Å²) in [6, 6.07) is -0.322. The van der Waals surface area contributed by atoms with E-state index in [1.54, 1.807) is 0 Å². The van der Waals surface area contributed by atoms with Gasteiger partial charge in [-0.05, 0) is 25.7 Å². The van der Waals surface area contributed by atoms with Crippen LogP contribution >= 0.6 is 0 Å². The molecule has 0 amide bonds. The first-order valence-corrected chi connectivity index (χ1v) is 6.37. The highest BCUT2D eigenvalue weighted by Crippen LogP contribution is 2.32. The summed E-state index contributed by atoms with van der Waals surface area (Å²) in [6.45, 7) is 1.35. The van der Waals surface area contributed by atoms with Gasteiger partial charge in [-0.1, -0.05) is 0 Å². The normalized spacial score (nSPS) is 20.9. The van der Waals surface area contributed by atoms with Crippen molar-refractivity contribution in [3.05, 3.63) is 0 Å². The number of rotatable bonds is 6. The summed E-state index contributed by atoms with van der Waals surface area (Å²) in [4.78, 5) is 10.6. The Hall–Kier alpha value is -0.660. The zero-order valence-electron chi connectivity index (χ0n) is 8.51. The summed E-state index contributed by atoms with van der Waals surface area (Å²) in [7, 11) is -3.81. The third-order valence-electron chi connectivity index (χ3n) is 2.57. The Morgan fingerprint density at radius 3 is 2.47 bits per heavy atom. The molecule has 0 aromatic carbocycles. The molecule has 0 heterocycles. The summed E-state index contributed by atoms with van der Waals surface area (Å²) < 4.78 is 25.4. The molecule has 88 valence electrons. The van der Waals surface area contributed by atoms with Crippen LogP contribution in [0.15, 0.2) is 0 Å². The van der Waals surface area contributed by atoms with E-state index in [4.69, 9.17) is 10.8 Å². The van der Waals surface area contributed by atoms with Crippen molar-refractivity contribution in [2.24, 2.45) is 11.7 Å². The van der Waals surface area contributed by atoms with Gasteiger partial charge in [0.15, 0.2) is 5.25 Å². The lowest BCUT2D eigenvalue weighted by molar-refractivity contribution is -0.136. The van der Waals surface area contributed by atoms with E-state index in [2.05, 4.69) is 4.72 Å². The van der Waals surface area contributed by atoms with E-state index in [0.29, 0.717) is 0 Å². The van der Waals surface area contributed by atoms with E-state index in [9.17, 15) is 13.2 Å². The molecule has 2 unspecified atom stereocenters. The first-order valence-electron chi connectivity index (χ1n) is 4.82. The molecule has 15 heavy (non-hydrogen) atoms. The van der Waals surface area contributed by atoms with E-state index in [-0.39, 0.29) is 18.5 Å². The fourth-order valence-corrected chi connectivity index (χ4v) is 2.46. The van der Waals surface area contributed by atoms with Crippen molar-refractivity contribution in [1.29, 1.82) is 0 Å². The number of aliphatic carboxylic acids is 1. The molecular formula is C8H16N2O4S. The van der Waals surface area contributed by atoms with Crippen LogP contribution in [0.2, 0.25) is 0 Å². The topological polar surface area (TPSA) is 109 Å². The van der Waals surface area contributed by atoms with Gasteiger partial charge >= 0.3 is 5.97 Å². The number of carboxylic acids is 1. The largest absolute Gasteiger partial charge is 0.480 e. The van der Waals surface area contributed by atoms with Crippen LogP contribution in [0.25, 0.3) is 0 Å². The van der Waals surface area contributed by atoms with Crippen LogP contribution in [-0.2, 0) is 14.8 Å². The highest BCUT2D eigenvalue weighted by atomic mass is 32.2. The lowest BCUT2D eigenvalue weighted by Crippen LogP contribution is -2.47. The highest BCUT2D eigenvalue weighted by Gasteiger charge is 2.36. The van der Waals surface area contributed by atoms with Crippen molar-refractivity contribution in [2.75, 3.05) is 6.54 Å². The zero-order valence-corrected chi connectivity index (χ0v) is 9.33. The van der Waals surface area contributed by atoms with Gasteiger partial charge in [0.25, 0.3) is 0 Å². The molecule has 0 saturated heterocycles. The van der Waals surface area contributed by atoms with Crippen molar-refractivity contribution in [2.45, 2.75) is 31.1 Å². The summed E-state index contributed by atoms with van der Waals surface area (Å²) in [5.41, 5.74) is 5.42. The van der Waals surface area contributed by atoms with Crippen molar-refractivity contribution < 1.29 is 18.3 Å². The highest BCUT2D eigenvalue weighted by molar-refractivity contribution is 7.90. The van der Waals surface area contributed by atoms with E-state index in [0.717, 1.165) is 19.8 Å². The second-order valence-electron chi connectivity index (χ2n) is 3.82. The summed E-state index contributed by atoms with van der Waals surface area (Å²) in [6.07, 6.45) is 1.90. The maximum Gasteiger partial charge on any atom is 0.323 e. The van der Waals surface area contributed by atoms with Gasteiger partial charge in [-0.15, -0.1) is 0 Å². The van der Waals surface area contributed by atoms with Gasteiger partial charge in [0.2, 0.25) is 10.0 Å². The van der Waals surface area contributed by atoms with E-state index in [1.807, 2.05) is 0 Å². The quantitative estimate of drug-likeness (QED) is 0.554. The lowest BCUT2D eigenvalue weighted by Gasteiger charge is -2.17. The molecule has 0 bridgehead atoms. The van der Waals surface area contributed by atoms with Crippen molar-refractivity contribution in [1.82, 2.24) is 4.72 Å². The Labute approximate surface area is 88.9 Å². The minimum absolute atomic E-state index is 0.205. The molecule has 1 aliphatic rings. The molecule has 7 heteroatoms. The summed E-state index contributed by atoms with van der Waals surface area (Å²) in [5.74, 6) is -1.08. The number of nitrogens with two attached hydrogens (primary N) is 1. The van der Waals surface area contributed by atoms with Crippen LogP contribution in [0.4, 0.5) is 0 Å². The van der Waals surface area contributed by atoms with E-state index >= 15 is 0 Å². The average molecular weight is 236 g/mol. The van der Waals surface area contributed by atoms with Crippen LogP contribution in [0.5, 0.6) is 0 Å². The van der Waals surface area contributed by atoms with Crippen LogP contribution < -0.4 is 10.5 Å². The molecule has 4 N–H and O–H groups in total. The Morgan fingerprint density at radius 1 is 1.60 bits per heavy atom. The maximum atomic E-state index is 11.5. The molecule has 0 spiro atoms. The SMILES string of the molecule is CC(C(=O)O)S(=O)(=O)NC(CN)C1CC1. The molecule has 6 nitrogen and oxygen atoms in total. The van der Waals surface area contributed by atoms with Gasteiger partial charge in [0, 0.05) is 12.6 Å². The predicted molar refractivity (Wildman–Crippen MR) is 54.7 cm³/mol. The minimum Gasteiger partial charge on any atom is -0.480 e. The van der Waals surface area contributed by atoms with Gasteiger partial charge in [-0.2, -0.15) is 0 Å². The predicted octanol–water partition coefficient (Wildman–Crippen LogP) is -0.884. The fourth-order valence-electron chi connectivity index (χ4n) is 1.28. The smallest absolute Gasteiger partial charge is 0.323 e. The molecule has 0 aromatic rings. The first kappa shape index (κ1) is 12.4. The standard InChI is InChI=1S/C8H16N2O4S/c1-5(8(11)12)15(13,14)10-7(4-9)6-2-3-6/h5-7,10H,2-4,9H2,1H3,(H,11,12).